The zero-order valence-corrected chi connectivity index (χ0v) is 9.09. The Morgan fingerprint density at radius 3 is 2.67 bits per heavy atom. The normalized spacial score (nSPS) is 10.4. The van der Waals surface area contributed by atoms with Crippen LogP contribution in [0.15, 0.2) is 6.20 Å². The van der Waals surface area contributed by atoms with Gasteiger partial charge < -0.3 is 20.0 Å². The van der Waals surface area contributed by atoms with Crippen LogP contribution in [0, 0.1) is 10.1 Å². The molecule has 7 nitrogen and oxygen atoms in total. The summed E-state index contributed by atoms with van der Waals surface area (Å²) in [6.07, 6.45) is -3.08. The summed E-state index contributed by atoms with van der Waals surface area (Å²) in [6, 6.07) is 0. The molecule has 0 radical (unpaired) electrons. The maximum absolute atomic E-state index is 12.8. The quantitative estimate of drug-likeness (QED) is 0.638. The van der Waals surface area contributed by atoms with Gasteiger partial charge in [0, 0.05) is 5.56 Å². The molecule has 1 rings (SSSR count). The van der Waals surface area contributed by atoms with Crippen LogP contribution in [0.1, 0.15) is 17.6 Å². The highest BCUT2D eigenvalue weighted by molar-refractivity contribution is 5.71. The number of aromatic nitrogens is 1. The van der Waals surface area contributed by atoms with E-state index in [1.54, 1.807) is 0 Å². The van der Waals surface area contributed by atoms with Crippen molar-refractivity contribution in [3.05, 3.63) is 27.4 Å². The van der Waals surface area contributed by atoms with Gasteiger partial charge in [-0.05, 0) is 9.91 Å². The van der Waals surface area contributed by atoms with E-state index < -0.39 is 40.9 Å². The first-order valence-corrected chi connectivity index (χ1v) is 4.58. The van der Waals surface area contributed by atoms with Gasteiger partial charge in [0.25, 0.3) is 6.43 Å². The van der Waals surface area contributed by atoms with E-state index in [4.69, 9.17) is 5.11 Å². The Labute approximate surface area is 99.2 Å². The molecule has 0 atom stereocenters. The van der Waals surface area contributed by atoms with E-state index in [9.17, 15) is 23.7 Å². The molecular weight excluding hydrogens is 254 g/mol. The summed E-state index contributed by atoms with van der Waals surface area (Å²) in [7, 11) is 0.973. The van der Waals surface area contributed by atoms with Gasteiger partial charge in [-0.2, -0.15) is 0 Å². The van der Waals surface area contributed by atoms with Crippen LogP contribution < -0.4 is 4.74 Å². The Morgan fingerprint density at radius 2 is 2.28 bits per heavy atom. The number of nitro groups is 1. The van der Waals surface area contributed by atoms with E-state index in [1.165, 1.54) is 0 Å². The van der Waals surface area contributed by atoms with Crippen molar-refractivity contribution < 1.29 is 28.3 Å². The molecule has 1 aromatic rings. The first kappa shape index (κ1) is 13.7. The van der Waals surface area contributed by atoms with Gasteiger partial charge in [0.2, 0.25) is 5.75 Å². The number of nitrogens with zero attached hydrogens (tertiary/aromatic N) is 2. The van der Waals surface area contributed by atoms with E-state index in [1.807, 2.05) is 0 Å². The van der Waals surface area contributed by atoms with Crippen LogP contribution in [-0.2, 0) is 11.2 Å². The molecule has 0 aromatic carbocycles. The number of ether oxygens (including phenoxy) is 1. The van der Waals surface area contributed by atoms with Crippen LogP contribution >= 0.6 is 0 Å². The lowest BCUT2D eigenvalue weighted by Crippen LogP contribution is -2.09. The van der Waals surface area contributed by atoms with Gasteiger partial charge >= 0.3 is 11.8 Å². The maximum Gasteiger partial charge on any atom is 0.406 e. The van der Waals surface area contributed by atoms with Gasteiger partial charge in [-0.15, -0.1) is 0 Å². The molecule has 9 heteroatoms. The second-order valence-electron chi connectivity index (χ2n) is 3.18. The molecule has 0 spiro atoms. The number of methoxy groups -OCH3 is 1. The van der Waals surface area contributed by atoms with Crippen molar-refractivity contribution in [1.29, 1.82) is 0 Å². The van der Waals surface area contributed by atoms with Crippen molar-refractivity contribution in [3.8, 4) is 5.75 Å². The summed E-state index contributed by atoms with van der Waals surface area (Å²) in [5.74, 6) is -2.94. The van der Waals surface area contributed by atoms with Crippen LogP contribution in [0.2, 0.25) is 0 Å². The number of aliphatic carboxylic acids is 1. The molecule has 18 heavy (non-hydrogen) atoms. The molecule has 0 aliphatic carbocycles. The molecule has 0 unspecified atom stereocenters. The Morgan fingerprint density at radius 1 is 1.67 bits per heavy atom. The van der Waals surface area contributed by atoms with Crippen molar-refractivity contribution in [2.75, 3.05) is 7.11 Å². The molecule has 1 heterocycles. The molecule has 98 valence electrons. The lowest BCUT2D eigenvalue weighted by molar-refractivity contribution is -0.390. The third-order valence-electron chi connectivity index (χ3n) is 2.07. The predicted molar refractivity (Wildman–Crippen MR) is 53.7 cm³/mol. The number of carboxylic acid groups (broad SMARTS) is 1. The van der Waals surface area contributed by atoms with Gasteiger partial charge in [-0.3, -0.25) is 4.79 Å². The van der Waals surface area contributed by atoms with Crippen molar-refractivity contribution in [3.63, 3.8) is 0 Å². The lowest BCUT2D eigenvalue weighted by Gasteiger charge is -2.10. The van der Waals surface area contributed by atoms with Crippen LogP contribution in [-0.4, -0.2) is 28.1 Å². The molecular formula is C9H8F2N2O5. The Kier molecular flexibility index (Phi) is 4.08. The molecule has 0 aliphatic heterocycles. The number of pyridine rings is 1. The molecule has 0 bridgehead atoms. The summed E-state index contributed by atoms with van der Waals surface area (Å²) < 4.78 is 30.2. The second-order valence-corrected chi connectivity index (χ2v) is 3.18. The van der Waals surface area contributed by atoms with Crippen LogP contribution in [0.4, 0.5) is 14.6 Å². The minimum absolute atomic E-state index is 0.319. The number of rotatable bonds is 5. The van der Waals surface area contributed by atoms with E-state index in [0.29, 0.717) is 0 Å². The minimum atomic E-state index is -3.10. The zero-order chi connectivity index (χ0) is 13.9. The number of halogens is 2. The number of carbonyl (C=O) groups is 1. The highest BCUT2D eigenvalue weighted by Crippen LogP contribution is 2.37. The van der Waals surface area contributed by atoms with Crippen LogP contribution in [0.5, 0.6) is 5.75 Å². The number of alkyl halides is 2. The van der Waals surface area contributed by atoms with Crippen molar-refractivity contribution in [2.45, 2.75) is 12.8 Å². The van der Waals surface area contributed by atoms with Gasteiger partial charge in [0.05, 0.1) is 19.1 Å². The molecule has 1 N–H and O–H groups in total. The molecule has 0 saturated heterocycles. The van der Waals surface area contributed by atoms with E-state index >= 15 is 0 Å². The fourth-order valence-corrected chi connectivity index (χ4v) is 1.41. The molecule has 0 amide bonds. The summed E-state index contributed by atoms with van der Waals surface area (Å²) in [5, 5.41) is 19.2. The van der Waals surface area contributed by atoms with Crippen LogP contribution in [0.25, 0.3) is 0 Å². The molecule has 1 aromatic heterocycles. The fourth-order valence-electron chi connectivity index (χ4n) is 1.41. The third kappa shape index (κ3) is 2.67. The number of hydrogen-bond donors (Lipinski definition) is 1. The van der Waals surface area contributed by atoms with Gasteiger partial charge in [0.1, 0.15) is 6.20 Å². The summed E-state index contributed by atoms with van der Waals surface area (Å²) in [5.41, 5.74) is -1.14. The average molecular weight is 262 g/mol. The van der Waals surface area contributed by atoms with Crippen LogP contribution in [0.3, 0.4) is 0 Å². The maximum atomic E-state index is 12.8. The van der Waals surface area contributed by atoms with E-state index in [0.717, 1.165) is 13.3 Å². The van der Waals surface area contributed by atoms with E-state index in [2.05, 4.69) is 9.72 Å². The number of hydrogen-bond acceptors (Lipinski definition) is 5. The highest BCUT2D eigenvalue weighted by Gasteiger charge is 2.30. The minimum Gasteiger partial charge on any atom is -0.489 e. The number of carboxylic acids is 1. The van der Waals surface area contributed by atoms with Crippen molar-refractivity contribution >= 4 is 11.8 Å². The largest absolute Gasteiger partial charge is 0.489 e. The van der Waals surface area contributed by atoms with Crippen molar-refractivity contribution in [1.82, 2.24) is 4.98 Å². The van der Waals surface area contributed by atoms with Gasteiger partial charge in [-0.25, -0.2) is 8.78 Å². The van der Waals surface area contributed by atoms with E-state index in [-0.39, 0.29) is 5.56 Å². The molecule has 0 saturated carbocycles. The Hall–Kier alpha value is -2.32. The predicted octanol–water partition coefficient (Wildman–Crippen LogP) is 1.56. The summed E-state index contributed by atoms with van der Waals surface area (Å²) in [6.45, 7) is 0. The fraction of sp³-hybridized carbons (Fsp3) is 0.333. The molecule has 0 aliphatic rings. The zero-order valence-electron chi connectivity index (χ0n) is 9.09. The first-order chi connectivity index (χ1) is 8.38. The standard InChI is InChI=1S/C9H8F2N2O5/c1-18-7-6(8(10)11)4(2-5(14)15)3-12-9(7)13(16)17/h3,8H,2H2,1H3,(H,14,15). The highest BCUT2D eigenvalue weighted by atomic mass is 19.3. The monoisotopic (exact) mass is 262 g/mol. The summed E-state index contributed by atoms with van der Waals surface area (Å²) in [4.78, 5) is 23.5. The third-order valence-corrected chi connectivity index (χ3v) is 2.07. The van der Waals surface area contributed by atoms with Gasteiger partial charge in [-0.1, -0.05) is 0 Å². The second kappa shape index (κ2) is 5.34. The smallest absolute Gasteiger partial charge is 0.406 e. The summed E-state index contributed by atoms with van der Waals surface area (Å²) >= 11 is 0. The Bertz CT molecular complexity index is 492. The average Bonchev–Trinajstić information content (AvgIpc) is 2.26. The first-order valence-electron chi connectivity index (χ1n) is 4.58. The van der Waals surface area contributed by atoms with Gasteiger partial charge in [0.15, 0.2) is 0 Å². The SMILES string of the molecule is COc1c([N+](=O)[O-])ncc(CC(=O)O)c1C(F)F. The van der Waals surface area contributed by atoms with Crippen molar-refractivity contribution in [2.24, 2.45) is 0 Å². The molecule has 0 fully saturated rings. The Balaban J connectivity index is 3.47. The lowest BCUT2D eigenvalue weighted by atomic mass is 10.1. The topological polar surface area (TPSA) is 103 Å².